The number of hydrogen-bond acceptors (Lipinski definition) is 8. The molecule has 3 amide bonds. The Bertz CT molecular complexity index is 501. The first-order chi connectivity index (χ1) is 11.5. The maximum atomic E-state index is 12.2. The van der Waals surface area contributed by atoms with E-state index in [1.807, 2.05) is 0 Å². The minimum Gasteiger partial charge on any atom is -0.480 e. The zero-order valence-electron chi connectivity index (χ0n) is 13.8. The quantitative estimate of drug-likeness (QED) is 0.177. The van der Waals surface area contributed by atoms with Crippen LogP contribution in [0.1, 0.15) is 13.8 Å². The Morgan fingerprint density at radius 3 is 1.76 bits per heavy atom. The highest BCUT2D eigenvalue weighted by Crippen LogP contribution is 2.00. The van der Waals surface area contributed by atoms with Gasteiger partial charge in [-0.3, -0.25) is 14.4 Å². The van der Waals surface area contributed by atoms with Crippen LogP contribution >= 0.6 is 12.6 Å². The molecule has 0 saturated carbocycles. The number of rotatable bonds is 10. The summed E-state index contributed by atoms with van der Waals surface area (Å²) in [5.74, 6) is -4.16. The molecule has 0 heterocycles. The molecule has 0 aromatic heterocycles. The van der Waals surface area contributed by atoms with Gasteiger partial charge in [0.25, 0.3) is 0 Å². The van der Waals surface area contributed by atoms with Crippen molar-refractivity contribution in [3.8, 4) is 0 Å². The van der Waals surface area contributed by atoms with Gasteiger partial charge < -0.3 is 37.0 Å². The van der Waals surface area contributed by atoms with Crippen molar-refractivity contribution in [1.82, 2.24) is 16.0 Å². The number of amides is 3. The van der Waals surface area contributed by atoms with Gasteiger partial charge in [-0.25, -0.2) is 4.79 Å². The molecule has 0 aliphatic heterocycles. The van der Waals surface area contributed by atoms with Crippen molar-refractivity contribution in [2.75, 3.05) is 12.3 Å². The van der Waals surface area contributed by atoms with Crippen LogP contribution < -0.4 is 21.7 Å². The minimum atomic E-state index is -1.51. The van der Waals surface area contributed by atoms with Crippen molar-refractivity contribution < 1.29 is 34.5 Å². The van der Waals surface area contributed by atoms with Gasteiger partial charge in [-0.15, -0.1) is 0 Å². The number of aliphatic carboxylic acids is 1. The molecule has 0 radical (unpaired) electrons. The van der Waals surface area contributed by atoms with E-state index in [0.29, 0.717) is 0 Å². The summed E-state index contributed by atoms with van der Waals surface area (Å²) in [5, 5.41) is 34.7. The summed E-state index contributed by atoms with van der Waals surface area (Å²) in [6, 6.07) is -4.24. The Balaban J connectivity index is 5.15. The van der Waals surface area contributed by atoms with Crippen molar-refractivity contribution in [3.63, 3.8) is 0 Å². The van der Waals surface area contributed by atoms with E-state index in [4.69, 9.17) is 10.8 Å². The first-order valence-electron chi connectivity index (χ1n) is 7.35. The van der Waals surface area contributed by atoms with Gasteiger partial charge in [-0.2, -0.15) is 12.6 Å². The third-order valence-electron chi connectivity index (χ3n) is 3.13. The molecule has 0 saturated heterocycles. The molecule has 0 aromatic rings. The minimum absolute atomic E-state index is 0.204. The van der Waals surface area contributed by atoms with Crippen LogP contribution in [-0.2, 0) is 19.2 Å². The van der Waals surface area contributed by atoms with Gasteiger partial charge >= 0.3 is 5.97 Å². The Labute approximate surface area is 149 Å². The number of nitrogens with one attached hydrogen (secondary N) is 3. The molecule has 11 nitrogen and oxygen atoms in total. The maximum Gasteiger partial charge on any atom is 0.327 e. The fourth-order valence-electron chi connectivity index (χ4n) is 1.73. The van der Waals surface area contributed by atoms with E-state index in [1.54, 1.807) is 0 Å². The second-order valence-electron chi connectivity index (χ2n) is 5.30. The van der Waals surface area contributed by atoms with Crippen molar-refractivity contribution in [3.05, 3.63) is 0 Å². The number of carbonyl (C=O) groups excluding carboxylic acids is 3. The SMILES string of the molecule is CC(O)C(NC(=O)CN)C(=O)NC(C(=O)NC(CS)C(=O)O)C(C)O. The molecule has 0 aliphatic rings. The fraction of sp³-hybridized carbons (Fsp3) is 0.692. The first kappa shape index (κ1) is 23.1. The second kappa shape index (κ2) is 10.9. The Morgan fingerprint density at radius 1 is 0.960 bits per heavy atom. The lowest BCUT2D eigenvalue weighted by Crippen LogP contribution is -2.61. The molecule has 0 rings (SSSR count). The molecule has 25 heavy (non-hydrogen) atoms. The second-order valence-corrected chi connectivity index (χ2v) is 5.66. The normalized spacial score (nSPS) is 16.7. The molecule has 8 N–H and O–H groups in total. The van der Waals surface area contributed by atoms with Crippen LogP contribution in [0.5, 0.6) is 0 Å². The standard InChI is InChI=1S/C13H24N4O7S/c1-5(18)9(16-8(20)3-14)12(22)17-10(6(2)19)11(21)15-7(4-25)13(23)24/h5-7,9-10,18-19,25H,3-4,14H2,1-2H3,(H,15,21)(H,16,20)(H,17,22)(H,23,24). The van der Waals surface area contributed by atoms with Crippen molar-refractivity contribution in [1.29, 1.82) is 0 Å². The number of nitrogens with two attached hydrogens (primary N) is 1. The average Bonchev–Trinajstić information content (AvgIpc) is 2.53. The van der Waals surface area contributed by atoms with E-state index in [0.717, 1.165) is 0 Å². The highest BCUT2D eigenvalue weighted by atomic mass is 32.1. The van der Waals surface area contributed by atoms with E-state index in [-0.39, 0.29) is 5.75 Å². The van der Waals surface area contributed by atoms with Crippen LogP contribution in [0.25, 0.3) is 0 Å². The van der Waals surface area contributed by atoms with Crippen LogP contribution in [0.4, 0.5) is 0 Å². The highest BCUT2D eigenvalue weighted by molar-refractivity contribution is 7.80. The van der Waals surface area contributed by atoms with Crippen molar-refractivity contribution in [2.45, 2.75) is 44.2 Å². The Kier molecular flexibility index (Phi) is 10.0. The molecule has 144 valence electrons. The molecular weight excluding hydrogens is 356 g/mol. The summed E-state index contributed by atoms with van der Waals surface area (Å²) in [6.45, 7) is 2.02. The van der Waals surface area contributed by atoms with Crippen LogP contribution in [0.3, 0.4) is 0 Å². The third kappa shape index (κ3) is 7.69. The van der Waals surface area contributed by atoms with Crippen molar-refractivity contribution in [2.24, 2.45) is 5.73 Å². The Hall–Kier alpha value is -1.89. The number of aliphatic hydroxyl groups excluding tert-OH is 2. The van der Waals surface area contributed by atoms with Gasteiger partial charge in [-0.05, 0) is 13.8 Å². The van der Waals surface area contributed by atoms with Crippen LogP contribution in [-0.4, -0.2) is 81.6 Å². The summed E-state index contributed by atoms with van der Waals surface area (Å²) in [6.07, 6.45) is -2.68. The summed E-state index contributed by atoms with van der Waals surface area (Å²) in [5.41, 5.74) is 5.12. The van der Waals surface area contributed by atoms with E-state index >= 15 is 0 Å². The third-order valence-corrected chi connectivity index (χ3v) is 3.49. The van der Waals surface area contributed by atoms with E-state index in [9.17, 15) is 29.4 Å². The summed E-state index contributed by atoms with van der Waals surface area (Å²) in [4.78, 5) is 46.5. The number of hydrogen-bond donors (Lipinski definition) is 8. The summed E-state index contributed by atoms with van der Waals surface area (Å²) >= 11 is 3.79. The monoisotopic (exact) mass is 380 g/mol. The molecule has 0 spiro atoms. The molecule has 0 aliphatic carbocycles. The number of carbonyl (C=O) groups is 4. The lowest BCUT2D eigenvalue weighted by molar-refractivity contribution is -0.142. The van der Waals surface area contributed by atoms with E-state index in [2.05, 4.69) is 28.6 Å². The number of carboxylic acids is 1. The highest BCUT2D eigenvalue weighted by Gasteiger charge is 2.33. The summed E-state index contributed by atoms with van der Waals surface area (Å²) < 4.78 is 0. The van der Waals surface area contributed by atoms with Crippen LogP contribution in [0, 0.1) is 0 Å². The van der Waals surface area contributed by atoms with E-state index in [1.165, 1.54) is 13.8 Å². The number of thiol groups is 1. The fourth-order valence-corrected chi connectivity index (χ4v) is 1.98. The summed E-state index contributed by atoms with van der Waals surface area (Å²) in [7, 11) is 0. The van der Waals surface area contributed by atoms with Gasteiger partial charge in [-0.1, -0.05) is 0 Å². The zero-order chi connectivity index (χ0) is 19.7. The lowest BCUT2D eigenvalue weighted by Gasteiger charge is -2.26. The molecule has 0 bridgehead atoms. The smallest absolute Gasteiger partial charge is 0.327 e. The van der Waals surface area contributed by atoms with Crippen LogP contribution in [0.15, 0.2) is 0 Å². The topological polar surface area (TPSA) is 191 Å². The lowest BCUT2D eigenvalue weighted by atomic mass is 10.1. The van der Waals surface area contributed by atoms with Crippen molar-refractivity contribution >= 4 is 36.3 Å². The molecule has 0 fully saturated rings. The molecule has 5 unspecified atom stereocenters. The molecular formula is C13H24N4O7S. The maximum absolute atomic E-state index is 12.2. The largest absolute Gasteiger partial charge is 0.480 e. The number of aliphatic hydroxyl groups is 2. The zero-order valence-corrected chi connectivity index (χ0v) is 14.7. The van der Waals surface area contributed by atoms with Gasteiger partial charge in [0.15, 0.2) is 0 Å². The van der Waals surface area contributed by atoms with Crippen LogP contribution in [0.2, 0.25) is 0 Å². The average molecular weight is 380 g/mol. The number of carboxylic acid groups (broad SMARTS) is 1. The van der Waals surface area contributed by atoms with Gasteiger partial charge in [0.1, 0.15) is 18.1 Å². The van der Waals surface area contributed by atoms with Gasteiger partial charge in [0.05, 0.1) is 18.8 Å². The Morgan fingerprint density at radius 2 is 1.40 bits per heavy atom. The van der Waals surface area contributed by atoms with Gasteiger partial charge in [0, 0.05) is 5.75 Å². The molecule has 5 atom stereocenters. The molecule has 0 aromatic carbocycles. The predicted molar refractivity (Wildman–Crippen MR) is 89.7 cm³/mol. The predicted octanol–water partition coefficient (Wildman–Crippen LogP) is -3.82. The van der Waals surface area contributed by atoms with Gasteiger partial charge in [0.2, 0.25) is 17.7 Å². The van der Waals surface area contributed by atoms with E-state index < -0.39 is 60.6 Å². The first-order valence-corrected chi connectivity index (χ1v) is 7.98. The molecule has 12 heteroatoms.